The molecule has 0 aromatic heterocycles. The summed E-state index contributed by atoms with van der Waals surface area (Å²) in [7, 11) is 0. The number of hydrogen-bond acceptors (Lipinski definition) is 5. The van der Waals surface area contributed by atoms with E-state index in [0.29, 0.717) is 54.7 Å². The Balaban J connectivity index is 1.73. The van der Waals surface area contributed by atoms with Crippen LogP contribution in [0.5, 0.6) is 0 Å². The average Bonchev–Trinajstić information content (AvgIpc) is 3.00. The number of amides is 2. The standard InChI is InChI=1S/C22H21ClFN3O3/c23-16-3-7-18(8-4-16)27-21(29)19(15-1-5-17(24)6-2-15)20(22(27)30)26-11-9-25(10-12-26)13-14-28/h1-8,28H,9-14H2. The van der Waals surface area contributed by atoms with Gasteiger partial charge in [0, 0.05) is 37.7 Å². The normalized spacial score (nSPS) is 18.0. The Morgan fingerprint density at radius 1 is 0.900 bits per heavy atom. The van der Waals surface area contributed by atoms with Crippen LogP contribution in [0, 0.1) is 5.82 Å². The van der Waals surface area contributed by atoms with E-state index in [0.717, 1.165) is 4.90 Å². The summed E-state index contributed by atoms with van der Waals surface area (Å²) in [4.78, 5) is 31.9. The Kier molecular flexibility index (Phi) is 5.85. The zero-order valence-electron chi connectivity index (χ0n) is 16.2. The lowest BCUT2D eigenvalue weighted by Gasteiger charge is -2.36. The summed E-state index contributed by atoms with van der Waals surface area (Å²) in [6.07, 6.45) is 0. The predicted octanol–water partition coefficient (Wildman–Crippen LogP) is 2.37. The average molecular weight is 430 g/mol. The fourth-order valence-electron chi connectivity index (χ4n) is 3.85. The van der Waals surface area contributed by atoms with Crippen LogP contribution in [0.25, 0.3) is 5.57 Å². The molecule has 0 bridgehead atoms. The molecule has 1 saturated heterocycles. The van der Waals surface area contributed by atoms with Crippen molar-refractivity contribution >= 4 is 34.7 Å². The summed E-state index contributed by atoms with van der Waals surface area (Å²) >= 11 is 5.96. The Bertz CT molecular complexity index is 984. The predicted molar refractivity (Wildman–Crippen MR) is 112 cm³/mol. The van der Waals surface area contributed by atoms with Gasteiger partial charge in [0.2, 0.25) is 0 Å². The SMILES string of the molecule is O=C1C(c2ccc(F)cc2)=C(N2CCN(CCO)CC2)C(=O)N1c1ccc(Cl)cc1. The quantitative estimate of drug-likeness (QED) is 0.739. The van der Waals surface area contributed by atoms with Gasteiger partial charge in [0.1, 0.15) is 11.5 Å². The fraction of sp³-hybridized carbons (Fsp3) is 0.273. The number of hydrogen-bond donors (Lipinski definition) is 1. The summed E-state index contributed by atoms with van der Waals surface area (Å²) in [5.74, 6) is -1.26. The van der Waals surface area contributed by atoms with E-state index >= 15 is 0 Å². The highest BCUT2D eigenvalue weighted by Gasteiger charge is 2.43. The number of benzene rings is 2. The van der Waals surface area contributed by atoms with Crippen LogP contribution >= 0.6 is 11.6 Å². The zero-order chi connectivity index (χ0) is 21.3. The second-order valence-corrected chi connectivity index (χ2v) is 7.64. The monoisotopic (exact) mass is 429 g/mol. The molecule has 0 saturated carbocycles. The minimum absolute atomic E-state index is 0.0747. The van der Waals surface area contributed by atoms with Crippen molar-refractivity contribution in [3.8, 4) is 0 Å². The molecule has 2 aliphatic heterocycles. The number of piperazine rings is 1. The molecule has 4 rings (SSSR count). The van der Waals surface area contributed by atoms with Crippen molar-refractivity contribution in [1.82, 2.24) is 9.80 Å². The molecule has 0 atom stereocenters. The molecule has 8 heteroatoms. The van der Waals surface area contributed by atoms with Crippen LogP contribution in [0.4, 0.5) is 10.1 Å². The summed E-state index contributed by atoms with van der Waals surface area (Å²) in [5.41, 5.74) is 1.53. The number of carbonyl (C=O) groups is 2. The molecule has 0 spiro atoms. The van der Waals surface area contributed by atoms with Gasteiger partial charge in [-0.15, -0.1) is 0 Å². The Labute approximate surface area is 178 Å². The van der Waals surface area contributed by atoms with E-state index < -0.39 is 17.6 Å². The van der Waals surface area contributed by atoms with Crippen molar-refractivity contribution < 1.29 is 19.1 Å². The van der Waals surface area contributed by atoms with Gasteiger partial charge in [-0.05, 0) is 42.0 Å². The van der Waals surface area contributed by atoms with Crippen LogP contribution in [0.1, 0.15) is 5.56 Å². The maximum Gasteiger partial charge on any atom is 0.282 e. The number of halogens is 2. The topological polar surface area (TPSA) is 64.1 Å². The van der Waals surface area contributed by atoms with Crippen LogP contribution < -0.4 is 4.90 Å². The largest absolute Gasteiger partial charge is 0.395 e. The second kappa shape index (κ2) is 8.55. The van der Waals surface area contributed by atoms with Crippen molar-refractivity contribution in [3.05, 3.63) is 70.6 Å². The van der Waals surface area contributed by atoms with E-state index in [4.69, 9.17) is 16.7 Å². The maximum absolute atomic E-state index is 13.5. The molecule has 6 nitrogen and oxygen atoms in total. The van der Waals surface area contributed by atoms with Gasteiger partial charge >= 0.3 is 0 Å². The molecule has 0 aliphatic carbocycles. The first-order valence-corrected chi connectivity index (χ1v) is 10.1. The minimum atomic E-state index is -0.443. The molecule has 2 amide bonds. The lowest BCUT2D eigenvalue weighted by molar-refractivity contribution is -0.120. The van der Waals surface area contributed by atoms with E-state index in [9.17, 15) is 14.0 Å². The van der Waals surface area contributed by atoms with Gasteiger partial charge in [-0.2, -0.15) is 0 Å². The molecule has 0 radical (unpaired) electrons. The van der Waals surface area contributed by atoms with Gasteiger partial charge in [0.15, 0.2) is 0 Å². The highest BCUT2D eigenvalue weighted by atomic mass is 35.5. The minimum Gasteiger partial charge on any atom is -0.395 e. The smallest absolute Gasteiger partial charge is 0.282 e. The van der Waals surface area contributed by atoms with Gasteiger partial charge < -0.3 is 10.0 Å². The van der Waals surface area contributed by atoms with Gasteiger partial charge in [-0.25, -0.2) is 9.29 Å². The number of anilines is 1. The Hall–Kier alpha value is -2.74. The van der Waals surface area contributed by atoms with Gasteiger partial charge in [0.05, 0.1) is 17.9 Å². The third kappa shape index (κ3) is 3.84. The molecule has 0 unspecified atom stereocenters. The summed E-state index contributed by atoms with van der Waals surface area (Å²) in [6, 6.07) is 12.1. The van der Waals surface area contributed by atoms with E-state index in [1.54, 1.807) is 24.3 Å². The fourth-order valence-corrected chi connectivity index (χ4v) is 3.98. The lowest BCUT2D eigenvalue weighted by atomic mass is 10.0. The van der Waals surface area contributed by atoms with Crippen molar-refractivity contribution in [2.75, 3.05) is 44.2 Å². The number of nitrogens with zero attached hydrogens (tertiary/aromatic N) is 3. The van der Waals surface area contributed by atoms with E-state index in [1.165, 1.54) is 24.3 Å². The van der Waals surface area contributed by atoms with Crippen molar-refractivity contribution in [2.45, 2.75) is 0 Å². The van der Waals surface area contributed by atoms with Crippen molar-refractivity contribution in [2.24, 2.45) is 0 Å². The zero-order valence-corrected chi connectivity index (χ0v) is 17.0. The summed E-state index contributed by atoms with van der Waals surface area (Å²) in [6.45, 7) is 3.08. The highest BCUT2D eigenvalue weighted by molar-refractivity contribution is 6.45. The van der Waals surface area contributed by atoms with Gasteiger partial charge in [-0.3, -0.25) is 14.5 Å². The number of aliphatic hydroxyl groups is 1. The summed E-state index contributed by atoms with van der Waals surface area (Å²) < 4.78 is 13.5. The molecular formula is C22H21ClFN3O3. The number of aliphatic hydroxyl groups excluding tert-OH is 1. The van der Waals surface area contributed by atoms with E-state index in [-0.39, 0.29) is 12.2 Å². The number of carbonyl (C=O) groups excluding carboxylic acids is 2. The highest BCUT2D eigenvalue weighted by Crippen LogP contribution is 2.35. The van der Waals surface area contributed by atoms with E-state index in [2.05, 4.69) is 4.90 Å². The maximum atomic E-state index is 13.5. The van der Waals surface area contributed by atoms with Gasteiger partial charge in [-0.1, -0.05) is 23.7 Å². The third-order valence-corrected chi connectivity index (χ3v) is 5.63. The molecule has 2 heterocycles. The van der Waals surface area contributed by atoms with Gasteiger partial charge in [0.25, 0.3) is 11.8 Å². The molecule has 2 aromatic carbocycles. The van der Waals surface area contributed by atoms with Crippen molar-refractivity contribution in [1.29, 1.82) is 0 Å². The molecule has 1 fully saturated rings. The lowest BCUT2D eigenvalue weighted by Crippen LogP contribution is -2.48. The van der Waals surface area contributed by atoms with E-state index in [1.807, 2.05) is 4.90 Å². The van der Waals surface area contributed by atoms with Crippen LogP contribution in [-0.2, 0) is 9.59 Å². The molecule has 2 aliphatic rings. The number of β-amino-alcohol motifs (C(OH)–C–C–N with tert-alkyl or cyclic N) is 1. The second-order valence-electron chi connectivity index (χ2n) is 7.20. The first-order chi connectivity index (χ1) is 14.5. The van der Waals surface area contributed by atoms with Crippen LogP contribution in [-0.4, -0.2) is 66.1 Å². The Morgan fingerprint density at radius 2 is 1.53 bits per heavy atom. The Morgan fingerprint density at radius 3 is 2.13 bits per heavy atom. The first-order valence-electron chi connectivity index (χ1n) is 9.72. The molecule has 156 valence electrons. The molecule has 1 N–H and O–H groups in total. The van der Waals surface area contributed by atoms with Crippen molar-refractivity contribution in [3.63, 3.8) is 0 Å². The number of imide groups is 1. The van der Waals surface area contributed by atoms with Crippen LogP contribution in [0.15, 0.2) is 54.2 Å². The van der Waals surface area contributed by atoms with Crippen LogP contribution in [0.3, 0.4) is 0 Å². The third-order valence-electron chi connectivity index (χ3n) is 5.38. The summed E-state index contributed by atoms with van der Waals surface area (Å²) in [5, 5.41) is 9.66. The molecule has 30 heavy (non-hydrogen) atoms. The number of rotatable bonds is 5. The molecule has 2 aromatic rings. The molecular weight excluding hydrogens is 409 g/mol. The van der Waals surface area contributed by atoms with Crippen LogP contribution in [0.2, 0.25) is 5.02 Å². The first kappa shape index (κ1) is 20.5.